The Morgan fingerprint density at radius 1 is 0.633 bits per heavy atom. The topological polar surface area (TPSA) is 0 Å². The van der Waals surface area contributed by atoms with E-state index in [-0.39, 0.29) is 46.4 Å². The Morgan fingerprint density at radius 2 is 0.933 bits per heavy atom. The molecular formula is C24H22Cl2F2GeZr-2. The van der Waals surface area contributed by atoms with Gasteiger partial charge in [0.25, 0.3) is 0 Å². The fraction of sp³-hybridized carbons (Fsp3) is 0.0833. The van der Waals surface area contributed by atoms with Crippen LogP contribution in [0.3, 0.4) is 0 Å². The van der Waals surface area contributed by atoms with Gasteiger partial charge >= 0.3 is 43.1 Å². The molecule has 0 amide bonds. The van der Waals surface area contributed by atoms with Crippen LogP contribution in [-0.2, 0) is 21.6 Å². The monoisotopic (exact) mass is 582 g/mol. The molecule has 0 aliphatic heterocycles. The van der Waals surface area contributed by atoms with Crippen LogP contribution in [0.5, 0.6) is 0 Å². The molecule has 0 aliphatic rings. The molecule has 4 aromatic carbocycles. The molecule has 0 atom stereocenters. The van der Waals surface area contributed by atoms with E-state index in [1.54, 1.807) is 33.7 Å². The standard InChI is InChI=1S/2C11H8F.C2H6Ge.2ClH.Zr/c2*12-11-7-3-6-10(8-11)9-4-1-2-5-9;1-3-2;;;/h2*1-8H;1-2H3;2*1H;/q2*-1;;;;+2/p-2. The van der Waals surface area contributed by atoms with Crippen LogP contribution in [0.2, 0.25) is 11.5 Å². The van der Waals surface area contributed by atoms with Crippen molar-refractivity contribution in [2.75, 3.05) is 0 Å². The first kappa shape index (κ1) is 29.0. The first-order valence-electron chi connectivity index (χ1n) is 8.93. The number of rotatable bonds is 2. The predicted octanol–water partition coefficient (Wildman–Crippen LogP) is 1.22. The van der Waals surface area contributed by atoms with Crippen LogP contribution in [0.4, 0.5) is 8.78 Å². The normalized spacial score (nSPS) is 9.00. The van der Waals surface area contributed by atoms with Crippen molar-refractivity contribution in [2.45, 2.75) is 11.5 Å². The maximum atomic E-state index is 12.8. The summed E-state index contributed by atoms with van der Waals surface area (Å²) in [6.07, 6.45) is 0. The van der Waals surface area contributed by atoms with E-state index in [1.807, 2.05) is 60.7 Å². The third-order valence-corrected chi connectivity index (χ3v) is 3.64. The molecule has 30 heavy (non-hydrogen) atoms. The Morgan fingerprint density at radius 3 is 1.20 bits per heavy atom. The molecule has 4 rings (SSSR count). The van der Waals surface area contributed by atoms with Gasteiger partial charge in [-0.2, -0.15) is 24.3 Å². The van der Waals surface area contributed by atoms with Gasteiger partial charge in [-0.05, 0) is 12.1 Å². The summed E-state index contributed by atoms with van der Waals surface area (Å²) in [5, 5.41) is 0. The molecule has 0 bridgehead atoms. The minimum atomic E-state index is -0.243. The fourth-order valence-electron chi connectivity index (χ4n) is 2.47. The van der Waals surface area contributed by atoms with Crippen LogP contribution in [0.1, 0.15) is 0 Å². The smallest absolute Gasteiger partial charge is 1.00 e. The molecule has 0 unspecified atom stereocenters. The zero-order chi connectivity index (χ0) is 20.4. The third kappa shape index (κ3) is 10.9. The van der Waals surface area contributed by atoms with Gasteiger partial charge in [-0.1, -0.05) is 35.4 Å². The summed E-state index contributed by atoms with van der Waals surface area (Å²) in [4.78, 5) is 0. The second-order valence-electron chi connectivity index (χ2n) is 6.37. The largest absolute Gasteiger partial charge is 1.00 e. The van der Waals surface area contributed by atoms with Crippen LogP contribution in [0, 0.1) is 11.6 Å². The summed E-state index contributed by atoms with van der Waals surface area (Å²) in [5.74, 6) is 4.37. The predicted molar refractivity (Wildman–Crippen MR) is 112 cm³/mol. The summed E-state index contributed by atoms with van der Waals surface area (Å²) < 4.78 is 25.5. The van der Waals surface area contributed by atoms with Gasteiger partial charge in [0.1, 0.15) is 0 Å². The number of hydrogen-bond donors (Lipinski definition) is 0. The molecule has 0 aromatic heterocycles. The van der Waals surface area contributed by atoms with E-state index in [0.29, 0.717) is 0 Å². The van der Waals surface area contributed by atoms with Crippen molar-refractivity contribution in [1.29, 1.82) is 0 Å². The molecule has 0 fully saturated rings. The van der Waals surface area contributed by atoms with E-state index >= 15 is 0 Å². The second kappa shape index (κ2) is 15.8. The van der Waals surface area contributed by atoms with Gasteiger partial charge in [0.05, 0.1) is 11.6 Å². The average molecular weight is 583 g/mol. The fourth-order valence-corrected chi connectivity index (χ4v) is 2.47. The van der Waals surface area contributed by atoms with Crippen molar-refractivity contribution < 1.29 is 55.2 Å². The first-order valence-corrected chi connectivity index (χ1v) is 20.6. The van der Waals surface area contributed by atoms with Crippen LogP contribution in [0.15, 0.2) is 97.1 Å². The maximum Gasteiger partial charge on any atom is -1.00 e. The molecule has 0 radical (unpaired) electrons. The van der Waals surface area contributed by atoms with Gasteiger partial charge < -0.3 is 24.8 Å². The van der Waals surface area contributed by atoms with Gasteiger partial charge in [-0.3, -0.25) is 0 Å². The van der Waals surface area contributed by atoms with Crippen molar-refractivity contribution in [1.82, 2.24) is 0 Å². The van der Waals surface area contributed by atoms with E-state index in [4.69, 9.17) is 0 Å². The SMILES string of the molecule is Fc1cccc(-[c-]2cccc2)c1.Fc1cccc(-[c-]2cccc2)c1.[CH3][Ge]([CH3])=[Zr+2].[Cl-].[Cl-]. The first-order chi connectivity index (χ1) is 13.5. The van der Waals surface area contributed by atoms with Crippen LogP contribution in [0.25, 0.3) is 22.3 Å². The van der Waals surface area contributed by atoms with Gasteiger partial charge in [-0.25, -0.2) is 8.78 Å². The van der Waals surface area contributed by atoms with Crippen molar-refractivity contribution in [2.24, 2.45) is 0 Å². The van der Waals surface area contributed by atoms with Crippen molar-refractivity contribution in [3.8, 4) is 22.3 Å². The zero-order valence-corrected chi connectivity index (χ0v) is 22.8. The van der Waals surface area contributed by atoms with E-state index in [1.165, 1.54) is 24.3 Å². The number of halogens is 4. The van der Waals surface area contributed by atoms with E-state index in [0.717, 1.165) is 22.3 Å². The van der Waals surface area contributed by atoms with Gasteiger partial charge in [0.15, 0.2) is 0 Å². The third-order valence-electron chi connectivity index (χ3n) is 3.64. The minimum Gasteiger partial charge on any atom is -1.00 e. The Hall–Kier alpha value is -0.994. The molecule has 0 heterocycles. The molecule has 0 N–H and O–H groups in total. The Balaban J connectivity index is 0.000000452. The van der Waals surface area contributed by atoms with Crippen LogP contribution in [-0.4, -0.2) is 9.98 Å². The molecular weight excluding hydrogens is 561 g/mol. The number of benzene rings is 2. The molecule has 0 saturated carbocycles. The van der Waals surface area contributed by atoms with Gasteiger partial charge in [0, 0.05) is 0 Å². The molecule has 0 nitrogen and oxygen atoms in total. The summed E-state index contributed by atoms with van der Waals surface area (Å²) >= 11 is 1.80. The molecule has 0 saturated heterocycles. The van der Waals surface area contributed by atoms with Crippen molar-refractivity contribution in [3.05, 3.63) is 109 Å². The molecule has 0 aliphatic carbocycles. The molecule has 4 aromatic rings. The quantitative estimate of drug-likeness (QED) is 0.246. The van der Waals surface area contributed by atoms with Crippen LogP contribution < -0.4 is 24.8 Å². The Labute approximate surface area is 206 Å². The van der Waals surface area contributed by atoms with Gasteiger partial charge in [-0.15, -0.1) is 47.5 Å². The average Bonchev–Trinajstić information content (AvgIpc) is 3.36. The summed E-state index contributed by atoms with van der Waals surface area (Å²) in [6.45, 7) is 0. The second-order valence-corrected chi connectivity index (χ2v) is 23.3. The van der Waals surface area contributed by atoms with Crippen molar-refractivity contribution >= 4 is 9.98 Å². The van der Waals surface area contributed by atoms with E-state index in [9.17, 15) is 8.78 Å². The molecule has 156 valence electrons. The van der Waals surface area contributed by atoms with E-state index in [2.05, 4.69) is 11.5 Å². The van der Waals surface area contributed by atoms with Crippen LogP contribution >= 0.6 is 0 Å². The molecule has 6 heteroatoms. The Kier molecular flexibility index (Phi) is 15.2. The van der Waals surface area contributed by atoms with Crippen molar-refractivity contribution in [3.63, 3.8) is 0 Å². The molecule has 0 spiro atoms. The summed E-state index contributed by atoms with van der Waals surface area (Å²) in [6, 6.07) is 28.9. The number of hydrogen-bond acceptors (Lipinski definition) is 0. The summed E-state index contributed by atoms with van der Waals surface area (Å²) in [5.41, 5.74) is 3.99. The zero-order valence-electron chi connectivity index (χ0n) is 16.7. The van der Waals surface area contributed by atoms with Gasteiger partial charge in [0.2, 0.25) is 0 Å². The Bertz CT molecular complexity index is 904. The minimum absolute atomic E-state index is 0. The van der Waals surface area contributed by atoms with E-state index < -0.39 is 0 Å². The maximum absolute atomic E-state index is 12.8. The summed E-state index contributed by atoms with van der Waals surface area (Å²) in [7, 11) is -0.243.